The first-order chi connectivity index (χ1) is 13.2. The summed E-state index contributed by atoms with van der Waals surface area (Å²) in [6.45, 7) is 3.28. The van der Waals surface area contributed by atoms with Gasteiger partial charge in [-0.2, -0.15) is 4.73 Å². The van der Waals surface area contributed by atoms with Gasteiger partial charge in [0.15, 0.2) is 0 Å². The summed E-state index contributed by atoms with van der Waals surface area (Å²) < 4.78 is 6.08. The van der Waals surface area contributed by atoms with Crippen LogP contribution in [0.15, 0.2) is 71.7 Å². The molecule has 0 atom stereocenters. The van der Waals surface area contributed by atoms with E-state index >= 15 is 0 Å². The number of hydrogen-bond donors (Lipinski definition) is 1. The lowest BCUT2D eigenvalue weighted by Gasteiger charge is -2.28. The summed E-state index contributed by atoms with van der Waals surface area (Å²) in [5.74, 6) is 0. The maximum atomic E-state index is 12.3. The van der Waals surface area contributed by atoms with Gasteiger partial charge in [0.2, 0.25) is 0 Å². The Morgan fingerprint density at radius 1 is 0.926 bits per heavy atom. The number of nitrogens with zero attached hydrogens (tertiary/aromatic N) is 2. The average molecular weight is 362 g/mol. The van der Waals surface area contributed by atoms with Crippen molar-refractivity contribution < 1.29 is 9.94 Å². The molecule has 4 rings (SSSR count). The van der Waals surface area contributed by atoms with Crippen LogP contribution >= 0.6 is 0 Å². The highest BCUT2D eigenvalue weighted by Gasteiger charge is 2.12. The van der Waals surface area contributed by atoms with Crippen LogP contribution in [0.2, 0.25) is 0 Å². The van der Waals surface area contributed by atoms with Gasteiger partial charge in [0, 0.05) is 36.3 Å². The van der Waals surface area contributed by atoms with Gasteiger partial charge in [-0.3, -0.25) is 4.79 Å². The molecule has 0 aliphatic carbocycles. The van der Waals surface area contributed by atoms with Crippen LogP contribution in [-0.2, 0) is 11.2 Å². The molecule has 1 N–H and O–H groups in total. The van der Waals surface area contributed by atoms with Crippen molar-refractivity contribution in [2.45, 2.75) is 6.42 Å². The molecule has 0 saturated carbocycles. The highest BCUT2D eigenvalue weighted by Crippen LogP contribution is 2.24. The van der Waals surface area contributed by atoms with Crippen molar-refractivity contribution in [1.82, 2.24) is 4.73 Å². The van der Waals surface area contributed by atoms with Crippen LogP contribution in [0.4, 0.5) is 5.69 Å². The van der Waals surface area contributed by atoms with E-state index < -0.39 is 0 Å². The first-order valence-electron chi connectivity index (χ1n) is 9.12. The van der Waals surface area contributed by atoms with Crippen LogP contribution in [0, 0.1) is 0 Å². The van der Waals surface area contributed by atoms with Crippen LogP contribution in [0.3, 0.4) is 0 Å². The molecule has 2 heterocycles. The minimum Gasteiger partial charge on any atom is -0.425 e. The van der Waals surface area contributed by atoms with Gasteiger partial charge in [-0.25, -0.2) is 0 Å². The molecule has 138 valence electrons. The van der Waals surface area contributed by atoms with Crippen molar-refractivity contribution in [2.24, 2.45) is 0 Å². The van der Waals surface area contributed by atoms with Gasteiger partial charge in [-0.15, -0.1) is 0 Å². The van der Waals surface area contributed by atoms with E-state index in [1.54, 1.807) is 0 Å². The number of anilines is 1. The number of ether oxygens (including phenoxy) is 1. The predicted molar refractivity (Wildman–Crippen MR) is 106 cm³/mol. The maximum absolute atomic E-state index is 12.3. The molecule has 0 radical (unpaired) electrons. The van der Waals surface area contributed by atoms with Gasteiger partial charge < -0.3 is 14.8 Å². The summed E-state index contributed by atoms with van der Waals surface area (Å²) in [6.07, 6.45) is 1.96. The Balaban J connectivity index is 1.62. The van der Waals surface area contributed by atoms with Crippen molar-refractivity contribution in [2.75, 3.05) is 31.2 Å². The van der Waals surface area contributed by atoms with Crippen molar-refractivity contribution >= 4 is 5.69 Å². The first-order valence-corrected chi connectivity index (χ1v) is 9.12. The van der Waals surface area contributed by atoms with Crippen molar-refractivity contribution in [3.63, 3.8) is 0 Å². The van der Waals surface area contributed by atoms with E-state index in [1.165, 1.54) is 6.20 Å². The zero-order valence-corrected chi connectivity index (χ0v) is 15.0. The predicted octanol–water partition coefficient (Wildman–Crippen LogP) is 3.18. The highest BCUT2D eigenvalue weighted by atomic mass is 16.5. The fourth-order valence-electron chi connectivity index (χ4n) is 3.41. The van der Waals surface area contributed by atoms with Crippen molar-refractivity contribution in [1.29, 1.82) is 0 Å². The van der Waals surface area contributed by atoms with E-state index in [0.29, 0.717) is 16.7 Å². The SMILES string of the molecule is O=c1c(Cc2ccccc2)cc(-c2ccc(N3CCOCC3)cc2)cn1O. The minimum atomic E-state index is -0.382. The summed E-state index contributed by atoms with van der Waals surface area (Å²) in [6, 6.07) is 19.9. The van der Waals surface area contributed by atoms with Gasteiger partial charge in [-0.1, -0.05) is 42.5 Å². The zero-order chi connectivity index (χ0) is 18.6. The van der Waals surface area contributed by atoms with Crippen LogP contribution in [-0.4, -0.2) is 36.2 Å². The average Bonchev–Trinajstić information content (AvgIpc) is 2.73. The number of pyridine rings is 1. The molecule has 0 amide bonds. The lowest BCUT2D eigenvalue weighted by Crippen LogP contribution is -2.36. The Labute approximate surface area is 158 Å². The molecule has 5 heteroatoms. The smallest absolute Gasteiger partial charge is 0.286 e. The van der Waals surface area contributed by atoms with Crippen LogP contribution in [0.25, 0.3) is 11.1 Å². The maximum Gasteiger partial charge on any atom is 0.286 e. The monoisotopic (exact) mass is 362 g/mol. The standard InChI is InChI=1S/C22H22N2O3/c25-22-19(14-17-4-2-1-3-5-17)15-20(16-24(22)26)18-6-8-21(9-7-18)23-10-12-27-13-11-23/h1-9,15-16,26H,10-14H2. The summed E-state index contributed by atoms with van der Waals surface area (Å²) >= 11 is 0. The molecule has 1 aliphatic heterocycles. The summed E-state index contributed by atoms with van der Waals surface area (Å²) in [7, 11) is 0. The third-order valence-electron chi connectivity index (χ3n) is 4.89. The Bertz CT molecular complexity index is 959. The highest BCUT2D eigenvalue weighted by molar-refractivity contribution is 5.66. The number of benzene rings is 2. The second-order valence-electron chi connectivity index (χ2n) is 6.71. The molecule has 1 fully saturated rings. The Morgan fingerprint density at radius 2 is 1.63 bits per heavy atom. The molecular weight excluding hydrogens is 340 g/mol. The van der Waals surface area contributed by atoms with Gasteiger partial charge in [-0.05, 0) is 29.3 Å². The van der Waals surface area contributed by atoms with Gasteiger partial charge in [0.05, 0.1) is 19.4 Å². The van der Waals surface area contributed by atoms with Crippen molar-refractivity contribution in [3.8, 4) is 11.1 Å². The third kappa shape index (κ3) is 3.88. The minimum absolute atomic E-state index is 0.382. The normalized spacial score (nSPS) is 14.3. The van der Waals surface area contributed by atoms with Crippen LogP contribution < -0.4 is 10.5 Å². The first kappa shape index (κ1) is 17.4. The summed E-state index contributed by atoms with van der Waals surface area (Å²) in [5.41, 5.74) is 4.16. The third-order valence-corrected chi connectivity index (χ3v) is 4.89. The molecule has 2 aromatic carbocycles. The fraction of sp³-hybridized carbons (Fsp3) is 0.227. The number of hydrogen-bond acceptors (Lipinski definition) is 4. The molecule has 3 aromatic rings. The fourth-order valence-corrected chi connectivity index (χ4v) is 3.41. The van der Waals surface area contributed by atoms with Gasteiger partial charge in [0.25, 0.3) is 5.56 Å². The molecule has 1 saturated heterocycles. The van der Waals surface area contributed by atoms with E-state index in [1.807, 2.05) is 48.5 Å². The van der Waals surface area contributed by atoms with E-state index in [-0.39, 0.29) is 5.56 Å². The molecule has 0 unspecified atom stereocenters. The second kappa shape index (κ2) is 7.68. The molecule has 1 aliphatic rings. The Kier molecular flexibility index (Phi) is 4.94. The van der Waals surface area contributed by atoms with Crippen LogP contribution in [0.5, 0.6) is 0 Å². The quantitative estimate of drug-likeness (QED) is 0.725. The molecule has 1 aromatic heterocycles. The number of morpholine rings is 1. The van der Waals surface area contributed by atoms with E-state index in [2.05, 4.69) is 17.0 Å². The van der Waals surface area contributed by atoms with Gasteiger partial charge >= 0.3 is 0 Å². The zero-order valence-electron chi connectivity index (χ0n) is 15.0. The molecular formula is C22H22N2O3. The lowest BCUT2D eigenvalue weighted by atomic mass is 10.0. The van der Waals surface area contributed by atoms with Crippen LogP contribution in [0.1, 0.15) is 11.1 Å². The van der Waals surface area contributed by atoms with E-state index in [0.717, 1.165) is 48.7 Å². The Morgan fingerprint density at radius 3 is 2.33 bits per heavy atom. The Hall–Kier alpha value is -3.05. The van der Waals surface area contributed by atoms with E-state index in [9.17, 15) is 10.0 Å². The topological polar surface area (TPSA) is 54.7 Å². The molecule has 27 heavy (non-hydrogen) atoms. The number of aromatic nitrogens is 1. The summed E-state index contributed by atoms with van der Waals surface area (Å²) in [5, 5.41) is 10.1. The molecule has 0 bridgehead atoms. The summed E-state index contributed by atoms with van der Waals surface area (Å²) in [4.78, 5) is 14.6. The second-order valence-corrected chi connectivity index (χ2v) is 6.71. The largest absolute Gasteiger partial charge is 0.425 e. The lowest BCUT2D eigenvalue weighted by molar-refractivity contribution is 0.122. The van der Waals surface area contributed by atoms with E-state index in [4.69, 9.17) is 4.74 Å². The molecule has 0 spiro atoms. The molecule has 5 nitrogen and oxygen atoms in total. The van der Waals surface area contributed by atoms with Crippen molar-refractivity contribution in [3.05, 3.63) is 88.3 Å². The number of rotatable bonds is 4. The van der Waals surface area contributed by atoms with Gasteiger partial charge in [0.1, 0.15) is 0 Å².